The Bertz CT molecular complexity index is 618. The van der Waals surface area contributed by atoms with Crippen LogP contribution in [0.2, 0.25) is 0 Å². The van der Waals surface area contributed by atoms with Crippen LogP contribution in [-0.2, 0) is 0 Å². The second kappa shape index (κ2) is 6.68. The van der Waals surface area contributed by atoms with Crippen LogP contribution in [-0.4, -0.2) is 24.7 Å². The van der Waals surface area contributed by atoms with E-state index in [1.54, 1.807) is 13.1 Å². The molecule has 0 aliphatic rings. The first kappa shape index (κ1) is 14.0. The Balaban J connectivity index is 2.48. The van der Waals surface area contributed by atoms with Crippen LogP contribution in [0.15, 0.2) is 54.6 Å². The maximum Gasteiger partial charge on any atom is 0.251 e. The van der Waals surface area contributed by atoms with Gasteiger partial charge in [-0.15, -0.1) is 0 Å². The largest absolute Gasteiger partial charge is 0.392 e. The maximum atomic E-state index is 11.9. The molecule has 2 aromatic rings. The van der Waals surface area contributed by atoms with E-state index in [4.69, 9.17) is 0 Å². The SMILES string of the molecule is CNC(=O)c1ccccc1C(=Cc1ccccc1)CO. The smallest absolute Gasteiger partial charge is 0.251 e. The minimum Gasteiger partial charge on any atom is -0.392 e. The molecule has 0 aromatic heterocycles. The summed E-state index contributed by atoms with van der Waals surface area (Å²) in [6.45, 7) is -0.122. The molecule has 0 aliphatic carbocycles. The second-order valence-corrected chi connectivity index (χ2v) is 4.36. The Morgan fingerprint density at radius 1 is 1.05 bits per heavy atom. The average Bonchev–Trinajstić information content (AvgIpc) is 2.53. The molecule has 1 amide bonds. The summed E-state index contributed by atoms with van der Waals surface area (Å²) < 4.78 is 0. The van der Waals surface area contributed by atoms with E-state index in [0.29, 0.717) is 5.56 Å². The molecule has 0 spiro atoms. The molecule has 0 saturated heterocycles. The monoisotopic (exact) mass is 267 g/mol. The van der Waals surface area contributed by atoms with Gasteiger partial charge < -0.3 is 10.4 Å². The van der Waals surface area contributed by atoms with Crippen LogP contribution in [0, 0.1) is 0 Å². The van der Waals surface area contributed by atoms with Crippen molar-refractivity contribution in [3.05, 3.63) is 71.3 Å². The molecule has 0 atom stereocenters. The van der Waals surface area contributed by atoms with E-state index in [9.17, 15) is 9.90 Å². The van der Waals surface area contributed by atoms with Crippen LogP contribution in [0.3, 0.4) is 0 Å². The van der Waals surface area contributed by atoms with Gasteiger partial charge in [-0.3, -0.25) is 4.79 Å². The molecular weight excluding hydrogens is 250 g/mol. The van der Waals surface area contributed by atoms with E-state index in [1.165, 1.54) is 0 Å². The van der Waals surface area contributed by atoms with Gasteiger partial charge in [0.05, 0.1) is 6.61 Å². The lowest BCUT2D eigenvalue weighted by Gasteiger charge is -2.10. The molecule has 0 heterocycles. The predicted octanol–water partition coefficient (Wildman–Crippen LogP) is 2.58. The van der Waals surface area contributed by atoms with Crippen molar-refractivity contribution >= 4 is 17.6 Å². The summed E-state index contributed by atoms with van der Waals surface area (Å²) in [5, 5.41) is 12.2. The summed E-state index contributed by atoms with van der Waals surface area (Å²) in [5.74, 6) is -0.159. The van der Waals surface area contributed by atoms with Gasteiger partial charge in [-0.05, 0) is 28.8 Å². The van der Waals surface area contributed by atoms with Gasteiger partial charge in [0, 0.05) is 12.6 Å². The molecule has 0 unspecified atom stereocenters. The third-order valence-corrected chi connectivity index (χ3v) is 3.06. The number of hydrogen-bond donors (Lipinski definition) is 2. The van der Waals surface area contributed by atoms with Gasteiger partial charge in [0.25, 0.3) is 5.91 Å². The van der Waals surface area contributed by atoms with Gasteiger partial charge in [0.15, 0.2) is 0 Å². The van der Waals surface area contributed by atoms with Gasteiger partial charge in [-0.25, -0.2) is 0 Å². The fourth-order valence-electron chi connectivity index (χ4n) is 2.05. The van der Waals surface area contributed by atoms with Crippen molar-refractivity contribution < 1.29 is 9.90 Å². The number of rotatable bonds is 4. The van der Waals surface area contributed by atoms with Crippen LogP contribution in [0.4, 0.5) is 0 Å². The number of carbonyl (C=O) groups is 1. The summed E-state index contributed by atoms with van der Waals surface area (Å²) in [6, 6.07) is 17.0. The van der Waals surface area contributed by atoms with E-state index in [2.05, 4.69) is 5.32 Å². The molecule has 3 nitrogen and oxygen atoms in total. The molecule has 102 valence electrons. The van der Waals surface area contributed by atoms with Crippen molar-refractivity contribution in [1.82, 2.24) is 5.32 Å². The molecule has 0 fully saturated rings. The fourth-order valence-corrected chi connectivity index (χ4v) is 2.05. The summed E-state index contributed by atoms with van der Waals surface area (Å²) in [4.78, 5) is 11.9. The third kappa shape index (κ3) is 3.13. The molecule has 3 heteroatoms. The Kier molecular flexibility index (Phi) is 4.69. The lowest BCUT2D eigenvalue weighted by molar-refractivity contribution is 0.0963. The normalized spacial score (nSPS) is 11.2. The zero-order valence-electron chi connectivity index (χ0n) is 11.3. The first-order valence-corrected chi connectivity index (χ1v) is 6.44. The van der Waals surface area contributed by atoms with Crippen LogP contribution in [0.1, 0.15) is 21.5 Å². The molecule has 2 rings (SSSR count). The van der Waals surface area contributed by atoms with Crippen LogP contribution >= 0.6 is 0 Å². The van der Waals surface area contributed by atoms with E-state index >= 15 is 0 Å². The molecule has 0 bridgehead atoms. The number of amides is 1. The Hall–Kier alpha value is -2.39. The fraction of sp³-hybridized carbons (Fsp3) is 0.118. The average molecular weight is 267 g/mol. The highest BCUT2D eigenvalue weighted by Gasteiger charge is 2.12. The number of hydrogen-bond acceptors (Lipinski definition) is 2. The molecular formula is C17H17NO2. The summed E-state index contributed by atoms with van der Waals surface area (Å²) in [6.07, 6.45) is 1.89. The van der Waals surface area contributed by atoms with Crippen molar-refractivity contribution in [3.63, 3.8) is 0 Å². The number of carbonyl (C=O) groups excluding carboxylic acids is 1. The second-order valence-electron chi connectivity index (χ2n) is 4.36. The van der Waals surface area contributed by atoms with Gasteiger partial charge in [0.2, 0.25) is 0 Å². The number of aliphatic hydroxyl groups is 1. The predicted molar refractivity (Wildman–Crippen MR) is 81.2 cm³/mol. The minimum atomic E-state index is -0.159. The first-order chi connectivity index (χ1) is 9.76. The molecule has 20 heavy (non-hydrogen) atoms. The Labute approximate surface area is 118 Å². The van der Waals surface area contributed by atoms with Gasteiger partial charge in [-0.2, -0.15) is 0 Å². The highest BCUT2D eigenvalue weighted by atomic mass is 16.3. The topological polar surface area (TPSA) is 49.3 Å². The van der Waals surface area contributed by atoms with Crippen LogP contribution in [0.25, 0.3) is 11.6 Å². The quantitative estimate of drug-likeness (QED) is 0.836. The highest BCUT2D eigenvalue weighted by Crippen LogP contribution is 2.21. The molecule has 0 radical (unpaired) electrons. The van der Waals surface area contributed by atoms with E-state index < -0.39 is 0 Å². The van der Waals surface area contributed by atoms with Crippen LogP contribution < -0.4 is 5.32 Å². The third-order valence-electron chi connectivity index (χ3n) is 3.06. The Morgan fingerprint density at radius 2 is 1.65 bits per heavy atom. The van der Waals surface area contributed by atoms with Crippen molar-refractivity contribution in [2.45, 2.75) is 0 Å². The van der Waals surface area contributed by atoms with Crippen molar-refractivity contribution in [1.29, 1.82) is 0 Å². The van der Waals surface area contributed by atoms with Crippen molar-refractivity contribution in [2.24, 2.45) is 0 Å². The zero-order chi connectivity index (χ0) is 14.4. The highest BCUT2D eigenvalue weighted by molar-refractivity contribution is 6.00. The lowest BCUT2D eigenvalue weighted by Crippen LogP contribution is -2.19. The zero-order valence-corrected chi connectivity index (χ0v) is 11.3. The first-order valence-electron chi connectivity index (χ1n) is 6.44. The standard InChI is InChI=1S/C17H17NO2/c1-18-17(20)16-10-6-5-9-15(16)14(12-19)11-13-7-3-2-4-8-13/h2-11,19H,12H2,1H3,(H,18,20). The summed E-state index contributed by atoms with van der Waals surface area (Å²) in [5.41, 5.74) is 3.02. The number of aliphatic hydroxyl groups excluding tert-OH is 1. The lowest BCUT2D eigenvalue weighted by atomic mass is 9.97. The minimum absolute atomic E-state index is 0.122. The van der Waals surface area contributed by atoms with Crippen molar-refractivity contribution in [2.75, 3.05) is 13.7 Å². The number of nitrogens with one attached hydrogen (secondary N) is 1. The summed E-state index contributed by atoms with van der Waals surface area (Å²) in [7, 11) is 1.60. The Morgan fingerprint density at radius 3 is 2.25 bits per heavy atom. The molecule has 0 aliphatic heterocycles. The van der Waals surface area contributed by atoms with E-state index in [0.717, 1.165) is 16.7 Å². The summed E-state index contributed by atoms with van der Waals surface area (Å²) >= 11 is 0. The maximum absolute atomic E-state index is 11.9. The number of benzene rings is 2. The molecule has 0 saturated carbocycles. The molecule has 2 N–H and O–H groups in total. The van der Waals surface area contributed by atoms with E-state index in [1.807, 2.05) is 54.6 Å². The van der Waals surface area contributed by atoms with Gasteiger partial charge in [0.1, 0.15) is 0 Å². The molecule has 2 aromatic carbocycles. The van der Waals surface area contributed by atoms with Crippen molar-refractivity contribution in [3.8, 4) is 0 Å². The van der Waals surface area contributed by atoms with E-state index in [-0.39, 0.29) is 12.5 Å². The van der Waals surface area contributed by atoms with Gasteiger partial charge in [-0.1, -0.05) is 48.5 Å². The van der Waals surface area contributed by atoms with Crippen LogP contribution in [0.5, 0.6) is 0 Å². The van der Waals surface area contributed by atoms with Gasteiger partial charge >= 0.3 is 0 Å².